The Labute approximate surface area is 632 Å². The summed E-state index contributed by atoms with van der Waals surface area (Å²) in [5.41, 5.74) is 0. The highest BCUT2D eigenvalue weighted by Gasteiger charge is 2.30. The van der Waals surface area contributed by atoms with Crippen LogP contribution in [0.3, 0.4) is 0 Å². The molecule has 0 spiro atoms. The van der Waals surface area contributed by atoms with Gasteiger partial charge in [-0.2, -0.15) is 0 Å². The molecule has 0 aliphatic rings. The van der Waals surface area contributed by atoms with Crippen molar-refractivity contribution in [1.82, 2.24) is 0 Å². The van der Waals surface area contributed by atoms with Gasteiger partial charge in [-0.25, -0.2) is 9.13 Å². The molecule has 0 amide bonds. The van der Waals surface area contributed by atoms with E-state index in [9.17, 15) is 43.2 Å². The summed E-state index contributed by atoms with van der Waals surface area (Å²) in [5.74, 6) is -1.43. The van der Waals surface area contributed by atoms with Crippen molar-refractivity contribution in [3.8, 4) is 0 Å². The average molecular weight is 1510 g/mol. The van der Waals surface area contributed by atoms with Crippen LogP contribution in [-0.2, 0) is 65.4 Å². The van der Waals surface area contributed by atoms with E-state index in [0.29, 0.717) is 31.6 Å². The minimum Gasteiger partial charge on any atom is -0.462 e. The largest absolute Gasteiger partial charge is 0.472 e. The SMILES string of the molecule is CCCCCCCCCCCCCCCCCCCCCCCCC(=O)O[C@H](COC(=O)CCCCCCCCCCCCCCCCCCCCCCC)COP(=O)(O)OC[C@@H](O)COP(=O)(O)OC[C@@H](COC(=O)CCCCCCCCC(C)C)OC(=O)CCCCCCCCCCCCC. The lowest BCUT2D eigenvalue weighted by Gasteiger charge is -2.21. The molecule has 0 radical (unpaired) electrons. The van der Waals surface area contributed by atoms with Crippen molar-refractivity contribution in [2.45, 2.75) is 470 Å². The van der Waals surface area contributed by atoms with E-state index in [2.05, 4.69) is 34.6 Å². The van der Waals surface area contributed by atoms with Gasteiger partial charge in [0.15, 0.2) is 12.2 Å². The number of carbonyl (C=O) groups is 4. The third-order valence-electron chi connectivity index (χ3n) is 19.8. The molecule has 0 aromatic carbocycles. The van der Waals surface area contributed by atoms with E-state index in [4.69, 9.17) is 37.0 Å². The van der Waals surface area contributed by atoms with Crippen molar-refractivity contribution >= 4 is 39.5 Å². The first-order chi connectivity index (χ1) is 50.0. The summed E-state index contributed by atoms with van der Waals surface area (Å²) < 4.78 is 68.7. The van der Waals surface area contributed by atoms with Gasteiger partial charge in [0.05, 0.1) is 26.4 Å². The monoisotopic (exact) mass is 1510 g/mol. The predicted molar refractivity (Wildman–Crippen MR) is 423 cm³/mol. The molecule has 0 heterocycles. The van der Waals surface area contributed by atoms with E-state index in [-0.39, 0.29) is 25.7 Å². The molecule has 0 bridgehead atoms. The molecular formula is C84H164O17P2. The maximum Gasteiger partial charge on any atom is 0.472 e. The second kappa shape index (κ2) is 76.8. The fraction of sp³-hybridized carbons (Fsp3) is 0.952. The van der Waals surface area contributed by atoms with Crippen LogP contribution in [-0.4, -0.2) is 96.7 Å². The molecule has 5 atom stereocenters. The lowest BCUT2D eigenvalue weighted by molar-refractivity contribution is -0.161. The van der Waals surface area contributed by atoms with Gasteiger partial charge in [0.2, 0.25) is 0 Å². The summed E-state index contributed by atoms with van der Waals surface area (Å²) in [5, 5.41) is 10.6. The fourth-order valence-electron chi connectivity index (χ4n) is 13.1. The minimum atomic E-state index is -4.96. The lowest BCUT2D eigenvalue weighted by atomic mass is 10.0. The topological polar surface area (TPSA) is 237 Å². The predicted octanol–water partition coefficient (Wildman–Crippen LogP) is 25.6. The number of unbranched alkanes of at least 4 members (excludes halogenated alkanes) is 56. The van der Waals surface area contributed by atoms with Gasteiger partial charge in [-0.15, -0.1) is 0 Å². The Morgan fingerprint density at radius 3 is 0.660 bits per heavy atom. The third kappa shape index (κ3) is 78.0. The molecule has 0 aromatic heterocycles. The van der Waals surface area contributed by atoms with Gasteiger partial charge in [0.1, 0.15) is 19.3 Å². The van der Waals surface area contributed by atoms with Crippen LogP contribution in [0.1, 0.15) is 452 Å². The molecule has 612 valence electrons. The Morgan fingerprint density at radius 2 is 0.447 bits per heavy atom. The van der Waals surface area contributed by atoms with Crippen LogP contribution in [0.4, 0.5) is 0 Å². The van der Waals surface area contributed by atoms with E-state index in [1.807, 2.05) is 0 Å². The Balaban J connectivity index is 5.16. The van der Waals surface area contributed by atoms with Crippen molar-refractivity contribution in [3.05, 3.63) is 0 Å². The highest BCUT2D eigenvalue weighted by atomic mass is 31.2. The summed E-state index contributed by atoms with van der Waals surface area (Å²) >= 11 is 0. The van der Waals surface area contributed by atoms with Gasteiger partial charge < -0.3 is 33.8 Å². The van der Waals surface area contributed by atoms with E-state index in [1.54, 1.807) is 0 Å². The van der Waals surface area contributed by atoms with E-state index in [0.717, 1.165) is 96.3 Å². The quantitative estimate of drug-likeness (QED) is 0.0222. The second-order valence-corrected chi connectivity index (χ2v) is 33.6. The van der Waals surface area contributed by atoms with Crippen LogP contribution in [0.5, 0.6) is 0 Å². The Morgan fingerprint density at radius 1 is 0.262 bits per heavy atom. The molecule has 0 fully saturated rings. The third-order valence-corrected chi connectivity index (χ3v) is 21.7. The summed E-state index contributed by atoms with van der Waals surface area (Å²) in [6.45, 7) is 7.24. The first-order valence-corrected chi connectivity index (χ1v) is 46.6. The highest BCUT2D eigenvalue weighted by molar-refractivity contribution is 7.47. The number of aliphatic hydroxyl groups excluding tert-OH is 1. The smallest absolute Gasteiger partial charge is 0.462 e. The molecule has 17 nitrogen and oxygen atoms in total. The first kappa shape index (κ1) is 101. The average Bonchev–Trinajstić information content (AvgIpc) is 0.933. The van der Waals surface area contributed by atoms with Crippen LogP contribution in [0.2, 0.25) is 0 Å². The van der Waals surface area contributed by atoms with Crippen LogP contribution in [0.25, 0.3) is 0 Å². The maximum atomic E-state index is 13.1. The molecule has 0 saturated carbocycles. The lowest BCUT2D eigenvalue weighted by Crippen LogP contribution is -2.30. The van der Waals surface area contributed by atoms with Gasteiger partial charge in [-0.1, -0.05) is 401 Å². The minimum absolute atomic E-state index is 0.106. The Hall–Kier alpha value is -1.94. The number of hydrogen-bond acceptors (Lipinski definition) is 15. The molecule has 0 rings (SSSR count). The first-order valence-electron chi connectivity index (χ1n) is 43.6. The molecule has 103 heavy (non-hydrogen) atoms. The number of rotatable bonds is 84. The van der Waals surface area contributed by atoms with E-state index >= 15 is 0 Å². The van der Waals surface area contributed by atoms with E-state index in [1.165, 1.54) is 270 Å². The number of carbonyl (C=O) groups excluding carboxylic acids is 4. The Kier molecular flexibility index (Phi) is 75.4. The molecule has 2 unspecified atom stereocenters. The van der Waals surface area contributed by atoms with Gasteiger partial charge in [0, 0.05) is 25.7 Å². The highest BCUT2D eigenvalue weighted by Crippen LogP contribution is 2.45. The van der Waals surface area contributed by atoms with Gasteiger partial charge >= 0.3 is 39.5 Å². The number of ether oxygens (including phenoxy) is 4. The number of hydrogen-bond donors (Lipinski definition) is 3. The van der Waals surface area contributed by atoms with Gasteiger partial charge in [-0.05, 0) is 31.6 Å². The number of phosphoric acid groups is 2. The molecule has 0 saturated heterocycles. The Bertz CT molecular complexity index is 1960. The normalized spacial score (nSPS) is 13.8. The number of aliphatic hydroxyl groups is 1. The molecular weight excluding hydrogens is 1340 g/mol. The van der Waals surface area contributed by atoms with Crippen LogP contribution < -0.4 is 0 Å². The molecule has 19 heteroatoms. The molecule has 0 aliphatic heterocycles. The fourth-order valence-corrected chi connectivity index (χ4v) is 14.7. The maximum absolute atomic E-state index is 13.1. The number of phosphoric ester groups is 2. The zero-order chi connectivity index (χ0) is 75.5. The van der Waals surface area contributed by atoms with Crippen molar-refractivity contribution < 1.29 is 80.2 Å². The van der Waals surface area contributed by atoms with Crippen LogP contribution in [0.15, 0.2) is 0 Å². The van der Waals surface area contributed by atoms with Gasteiger partial charge in [-0.3, -0.25) is 37.3 Å². The molecule has 0 aliphatic carbocycles. The molecule has 0 aromatic rings. The summed E-state index contributed by atoms with van der Waals surface area (Å²) in [4.78, 5) is 73.0. The van der Waals surface area contributed by atoms with E-state index < -0.39 is 97.5 Å². The number of esters is 4. The van der Waals surface area contributed by atoms with Crippen LogP contribution >= 0.6 is 15.6 Å². The zero-order valence-corrected chi connectivity index (χ0v) is 69.3. The standard InChI is InChI=1S/C84H164O17P2/c1-6-9-12-15-18-21-24-26-28-30-32-34-36-38-40-42-44-47-50-53-60-65-70-84(89)100-79(73-94-81(86)67-62-57-51-48-46-43-41-39-37-35-33-31-29-27-25-22-19-16-13-10-7-2)75-98-102(90,91)96-71-78(85)72-97-103(92,93)99-76-80(74-95-82(87)68-63-58-55-54-56-61-66-77(4)5)101-83(88)69-64-59-52-49-45-23-20-17-14-11-8-3/h77-80,85H,6-76H2,1-5H3,(H,90,91)(H,92,93)/t78-,79-,80-/m1/s1. The summed E-state index contributed by atoms with van der Waals surface area (Å²) in [7, 11) is -9.92. The van der Waals surface area contributed by atoms with Crippen molar-refractivity contribution in [2.24, 2.45) is 5.92 Å². The molecule has 3 N–H and O–H groups in total. The van der Waals surface area contributed by atoms with Crippen molar-refractivity contribution in [2.75, 3.05) is 39.6 Å². The summed E-state index contributed by atoms with van der Waals surface area (Å²) in [6.07, 6.45) is 69.9. The summed E-state index contributed by atoms with van der Waals surface area (Å²) in [6, 6.07) is 0. The van der Waals surface area contributed by atoms with Gasteiger partial charge in [0.25, 0.3) is 0 Å². The van der Waals surface area contributed by atoms with Crippen molar-refractivity contribution in [1.29, 1.82) is 0 Å². The van der Waals surface area contributed by atoms with Crippen molar-refractivity contribution in [3.63, 3.8) is 0 Å². The second-order valence-electron chi connectivity index (χ2n) is 30.7. The zero-order valence-electron chi connectivity index (χ0n) is 67.5. The van der Waals surface area contributed by atoms with Crippen LogP contribution in [0, 0.1) is 5.92 Å².